The average Bonchev–Trinajstić information content (AvgIpc) is 3.06. The van der Waals surface area contributed by atoms with E-state index in [9.17, 15) is 22.8 Å². The number of piperidine rings is 2. The molecule has 2 fully saturated rings. The molecule has 1 unspecified atom stereocenters. The summed E-state index contributed by atoms with van der Waals surface area (Å²) >= 11 is 0. The maximum absolute atomic E-state index is 11.7. The molecule has 1 aromatic heterocycles. The van der Waals surface area contributed by atoms with Crippen molar-refractivity contribution in [3.8, 4) is 0 Å². The van der Waals surface area contributed by atoms with Crippen LogP contribution in [0.1, 0.15) is 31.7 Å². The van der Waals surface area contributed by atoms with Crippen LogP contribution in [-0.4, -0.2) is 58.0 Å². The third kappa shape index (κ3) is 6.24. The van der Waals surface area contributed by atoms with Gasteiger partial charge in [-0.3, -0.25) is 19.6 Å². The van der Waals surface area contributed by atoms with Gasteiger partial charge in [-0.2, -0.15) is 18.3 Å². The van der Waals surface area contributed by atoms with Gasteiger partial charge in [-0.25, -0.2) is 4.79 Å². The van der Waals surface area contributed by atoms with Gasteiger partial charge >= 0.3 is 12.1 Å². The van der Waals surface area contributed by atoms with E-state index < -0.39 is 12.1 Å². The van der Waals surface area contributed by atoms with Gasteiger partial charge in [0.15, 0.2) is 0 Å². The van der Waals surface area contributed by atoms with E-state index >= 15 is 0 Å². The molecule has 3 rings (SSSR count). The molecule has 0 saturated carbocycles. The minimum absolute atomic E-state index is 0.201. The summed E-state index contributed by atoms with van der Waals surface area (Å²) in [5.41, 5.74) is 0. The van der Waals surface area contributed by atoms with Crippen molar-refractivity contribution >= 4 is 23.6 Å². The number of imide groups is 1. The smallest absolute Gasteiger partial charge is 0.475 e. The zero-order chi connectivity index (χ0) is 20.0. The van der Waals surface area contributed by atoms with Crippen molar-refractivity contribution in [2.75, 3.05) is 18.4 Å². The van der Waals surface area contributed by atoms with Crippen LogP contribution in [0.3, 0.4) is 0 Å². The molecule has 150 valence electrons. The highest BCUT2D eigenvalue weighted by atomic mass is 19.4. The van der Waals surface area contributed by atoms with E-state index in [0.29, 0.717) is 24.7 Å². The van der Waals surface area contributed by atoms with Crippen molar-refractivity contribution in [1.29, 1.82) is 0 Å². The summed E-state index contributed by atoms with van der Waals surface area (Å²) < 4.78 is 33.7. The Balaban J connectivity index is 0.000000321. The van der Waals surface area contributed by atoms with Crippen LogP contribution in [0.5, 0.6) is 0 Å². The number of aliphatic carboxylic acids is 1. The van der Waals surface area contributed by atoms with Gasteiger partial charge in [-0.15, -0.1) is 0 Å². The van der Waals surface area contributed by atoms with Crippen LogP contribution in [0.2, 0.25) is 0 Å². The van der Waals surface area contributed by atoms with E-state index in [1.54, 1.807) is 0 Å². The highest BCUT2D eigenvalue weighted by molar-refractivity contribution is 6.01. The number of carboxylic acids is 1. The number of amides is 2. The van der Waals surface area contributed by atoms with Crippen LogP contribution >= 0.6 is 0 Å². The van der Waals surface area contributed by atoms with Crippen molar-refractivity contribution < 1.29 is 32.7 Å². The Hall–Kier alpha value is -2.63. The zero-order valence-corrected chi connectivity index (χ0v) is 14.3. The lowest BCUT2D eigenvalue weighted by Gasteiger charge is -2.23. The van der Waals surface area contributed by atoms with Crippen molar-refractivity contribution in [2.45, 2.75) is 43.9 Å². The first-order valence-electron chi connectivity index (χ1n) is 8.33. The Morgan fingerprint density at radius 3 is 2.44 bits per heavy atom. The van der Waals surface area contributed by atoms with Crippen molar-refractivity contribution in [3.63, 3.8) is 0 Å². The molecule has 2 saturated heterocycles. The second kappa shape index (κ2) is 8.84. The summed E-state index contributed by atoms with van der Waals surface area (Å²) in [6, 6.07) is 1.93. The molecule has 0 radical (unpaired) electrons. The summed E-state index contributed by atoms with van der Waals surface area (Å²) in [6.07, 6.45) is -0.105. The third-order valence-electron chi connectivity index (χ3n) is 4.09. The van der Waals surface area contributed by atoms with Crippen LogP contribution in [-0.2, 0) is 14.4 Å². The number of rotatable bonds is 3. The third-order valence-corrected chi connectivity index (χ3v) is 4.09. The minimum Gasteiger partial charge on any atom is -0.475 e. The molecular weight excluding hydrogens is 371 g/mol. The highest BCUT2D eigenvalue weighted by Crippen LogP contribution is 2.20. The molecule has 0 aliphatic carbocycles. The van der Waals surface area contributed by atoms with E-state index in [-0.39, 0.29) is 17.9 Å². The summed E-state index contributed by atoms with van der Waals surface area (Å²) in [5, 5.41) is 20.4. The summed E-state index contributed by atoms with van der Waals surface area (Å²) in [7, 11) is 0. The number of hydrogen-bond donors (Lipinski definition) is 4. The lowest BCUT2D eigenvalue weighted by atomic mass is 10.1. The average molecular weight is 391 g/mol. The molecule has 2 aliphatic heterocycles. The number of carbonyl (C=O) groups excluding carboxylic acids is 2. The zero-order valence-electron chi connectivity index (χ0n) is 14.3. The van der Waals surface area contributed by atoms with E-state index in [0.717, 1.165) is 25.9 Å². The van der Waals surface area contributed by atoms with Crippen LogP contribution < -0.4 is 16.0 Å². The maximum Gasteiger partial charge on any atom is 0.490 e. The van der Waals surface area contributed by atoms with Gasteiger partial charge in [0.1, 0.15) is 11.9 Å². The fourth-order valence-electron chi connectivity index (χ4n) is 2.70. The van der Waals surface area contributed by atoms with Gasteiger partial charge in [0, 0.05) is 18.7 Å². The normalized spacial score (nSPS) is 21.1. The summed E-state index contributed by atoms with van der Waals surface area (Å²) in [4.78, 5) is 31.7. The fourth-order valence-corrected chi connectivity index (χ4v) is 2.70. The Morgan fingerprint density at radius 1 is 1.26 bits per heavy atom. The predicted octanol–water partition coefficient (Wildman–Crippen LogP) is 0.658. The van der Waals surface area contributed by atoms with Crippen molar-refractivity contribution in [2.24, 2.45) is 0 Å². The van der Waals surface area contributed by atoms with Gasteiger partial charge in [-0.1, -0.05) is 0 Å². The number of nitrogens with zero attached hydrogens (tertiary/aromatic N) is 2. The molecule has 1 aromatic rings. The molecule has 0 bridgehead atoms. The number of nitrogens with one attached hydrogen (secondary N) is 3. The van der Waals surface area contributed by atoms with E-state index in [1.165, 1.54) is 0 Å². The molecule has 27 heavy (non-hydrogen) atoms. The van der Waals surface area contributed by atoms with E-state index in [1.807, 2.05) is 16.9 Å². The Kier molecular flexibility index (Phi) is 6.77. The SMILES string of the molecule is O=C(O)C(F)(F)F.O=C1CCC(Nc2ccn(C3CCNCC3)n2)C(=O)N1. The van der Waals surface area contributed by atoms with E-state index in [4.69, 9.17) is 9.90 Å². The number of alkyl halides is 3. The molecule has 0 spiro atoms. The minimum atomic E-state index is -5.08. The lowest BCUT2D eigenvalue weighted by Crippen LogP contribution is -2.47. The number of halogens is 3. The van der Waals surface area contributed by atoms with Gasteiger partial charge < -0.3 is 15.7 Å². The van der Waals surface area contributed by atoms with E-state index in [2.05, 4.69) is 21.0 Å². The quantitative estimate of drug-likeness (QED) is 0.558. The fraction of sp³-hybridized carbons (Fsp3) is 0.600. The van der Waals surface area contributed by atoms with Gasteiger partial charge in [0.2, 0.25) is 11.8 Å². The molecule has 2 amide bonds. The Morgan fingerprint density at radius 2 is 1.89 bits per heavy atom. The standard InChI is InChI=1S/C13H19N5O2.C2HF3O2/c19-12-2-1-10(13(20)16-12)15-11-5-8-18(17-11)9-3-6-14-7-4-9;3-2(4,5)1(6)7/h5,8-10,14H,1-4,6-7H2,(H,15,17)(H,16,19,20);(H,6,7). The first-order chi connectivity index (χ1) is 12.7. The summed E-state index contributed by atoms with van der Waals surface area (Å²) in [5.74, 6) is -2.53. The predicted molar refractivity (Wildman–Crippen MR) is 86.9 cm³/mol. The number of aromatic nitrogens is 2. The van der Waals surface area contributed by atoms with Crippen molar-refractivity contribution in [3.05, 3.63) is 12.3 Å². The topological polar surface area (TPSA) is 125 Å². The molecule has 12 heteroatoms. The number of carboxylic acid groups (broad SMARTS) is 1. The van der Waals surface area contributed by atoms with Gasteiger partial charge in [0.05, 0.1) is 6.04 Å². The summed E-state index contributed by atoms with van der Waals surface area (Å²) in [6.45, 7) is 2.03. The largest absolute Gasteiger partial charge is 0.490 e. The maximum atomic E-state index is 11.7. The van der Waals surface area contributed by atoms with Gasteiger partial charge in [0.25, 0.3) is 0 Å². The van der Waals surface area contributed by atoms with Gasteiger partial charge in [-0.05, 0) is 32.4 Å². The number of hydrogen-bond acceptors (Lipinski definition) is 6. The highest BCUT2D eigenvalue weighted by Gasteiger charge is 2.38. The van der Waals surface area contributed by atoms with Crippen molar-refractivity contribution in [1.82, 2.24) is 20.4 Å². The molecular formula is C15H20F3N5O4. The number of anilines is 1. The Labute approximate surface area is 152 Å². The second-order valence-corrected chi connectivity index (χ2v) is 6.11. The van der Waals surface area contributed by atoms with Crippen LogP contribution in [0.4, 0.5) is 19.0 Å². The molecule has 4 N–H and O–H groups in total. The molecule has 0 aromatic carbocycles. The Bertz CT molecular complexity index is 685. The molecule has 1 atom stereocenters. The van der Waals surface area contributed by atoms with Crippen LogP contribution in [0, 0.1) is 0 Å². The lowest BCUT2D eigenvalue weighted by molar-refractivity contribution is -0.192. The first kappa shape index (κ1) is 20.7. The van der Waals surface area contributed by atoms with Crippen LogP contribution in [0.25, 0.3) is 0 Å². The second-order valence-electron chi connectivity index (χ2n) is 6.11. The first-order valence-corrected chi connectivity index (χ1v) is 8.33. The molecule has 2 aliphatic rings. The monoisotopic (exact) mass is 391 g/mol. The number of carbonyl (C=O) groups is 3. The molecule has 9 nitrogen and oxygen atoms in total. The van der Waals surface area contributed by atoms with Crippen LogP contribution in [0.15, 0.2) is 12.3 Å². The molecule has 3 heterocycles.